The van der Waals surface area contributed by atoms with Gasteiger partial charge in [-0.2, -0.15) is 0 Å². The van der Waals surface area contributed by atoms with Gasteiger partial charge in [0, 0.05) is 12.0 Å². The van der Waals surface area contributed by atoms with Crippen molar-refractivity contribution in [1.29, 1.82) is 0 Å². The monoisotopic (exact) mass is 213 g/mol. The minimum atomic E-state index is -0.341. The van der Waals surface area contributed by atoms with E-state index in [0.29, 0.717) is 0 Å². The Labute approximate surface area is 89.6 Å². The van der Waals surface area contributed by atoms with Crippen molar-refractivity contribution in [2.24, 2.45) is 17.4 Å². The molecule has 0 aliphatic heterocycles. The fourth-order valence-corrected chi connectivity index (χ4v) is 1.98. The van der Waals surface area contributed by atoms with Gasteiger partial charge in [-0.1, -0.05) is 0 Å². The van der Waals surface area contributed by atoms with Gasteiger partial charge in [0.15, 0.2) is 0 Å². The van der Waals surface area contributed by atoms with Crippen LogP contribution in [0.2, 0.25) is 0 Å². The predicted molar refractivity (Wildman–Crippen MR) is 56.7 cm³/mol. The summed E-state index contributed by atoms with van der Waals surface area (Å²) in [7, 11) is 0. The molecular weight excluding hydrogens is 194 g/mol. The van der Waals surface area contributed by atoms with Crippen LogP contribution in [0.4, 0.5) is 0 Å². The van der Waals surface area contributed by atoms with Gasteiger partial charge in [-0.05, 0) is 32.6 Å². The van der Waals surface area contributed by atoms with E-state index in [0.717, 1.165) is 25.7 Å². The fraction of sp³-hybridized carbons (Fsp3) is 0.800. The van der Waals surface area contributed by atoms with Gasteiger partial charge in [0.1, 0.15) is 0 Å². The van der Waals surface area contributed by atoms with Gasteiger partial charge in [-0.25, -0.2) is 0 Å². The Morgan fingerprint density at radius 3 is 2.13 bits per heavy atom. The second-order valence-corrected chi connectivity index (χ2v) is 4.24. The van der Waals surface area contributed by atoms with Crippen LogP contribution >= 0.6 is 0 Å². The highest BCUT2D eigenvalue weighted by Crippen LogP contribution is 2.24. The van der Waals surface area contributed by atoms with Crippen molar-refractivity contribution in [2.45, 2.75) is 44.7 Å². The van der Waals surface area contributed by atoms with Crippen molar-refractivity contribution < 1.29 is 9.59 Å². The molecular formula is C10H19N3O2. The van der Waals surface area contributed by atoms with Crippen LogP contribution in [0.15, 0.2) is 0 Å². The van der Waals surface area contributed by atoms with Crippen molar-refractivity contribution in [1.82, 2.24) is 5.32 Å². The van der Waals surface area contributed by atoms with E-state index in [1.54, 1.807) is 6.92 Å². The summed E-state index contributed by atoms with van der Waals surface area (Å²) in [4.78, 5) is 21.8. The summed E-state index contributed by atoms with van der Waals surface area (Å²) >= 11 is 0. The zero-order valence-electron chi connectivity index (χ0n) is 9.03. The standard InChI is InChI=1S/C10H19N3O2/c1-6(9(11)14)13-8-4-2-7(3-5-8)10(12)15/h6-8,13H,2-5H2,1H3,(H2,11,14)(H2,12,15). The lowest BCUT2D eigenvalue weighted by Gasteiger charge is -2.29. The molecule has 1 atom stereocenters. The van der Waals surface area contributed by atoms with E-state index >= 15 is 0 Å². The van der Waals surface area contributed by atoms with Crippen LogP contribution in [-0.2, 0) is 9.59 Å². The van der Waals surface area contributed by atoms with Gasteiger partial charge in [-0.3, -0.25) is 9.59 Å². The van der Waals surface area contributed by atoms with Crippen molar-refractivity contribution in [3.8, 4) is 0 Å². The van der Waals surface area contributed by atoms with Gasteiger partial charge in [0.25, 0.3) is 0 Å². The number of nitrogens with one attached hydrogen (secondary N) is 1. The molecule has 0 aromatic heterocycles. The van der Waals surface area contributed by atoms with E-state index in [1.165, 1.54) is 0 Å². The van der Waals surface area contributed by atoms with Crippen molar-refractivity contribution >= 4 is 11.8 Å². The molecule has 1 unspecified atom stereocenters. The number of amides is 2. The summed E-state index contributed by atoms with van der Waals surface area (Å²) in [6, 6.07) is -0.0248. The smallest absolute Gasteiger partial charge is 0.234 e. The van der Waals surface area contributed by atoms with Gasteiger partial charge < -0.3 is 16.8 Å². The van der Waals surface area contributed by atoms with Crippen LogP contribution in [0.25, 0.3) is 0 Å². The topological polar surface area (TPSA) is 98.2 Å². The lowest BCUT2D eigenvalue weighted by atomic mass is 9.85. The maximum absolute atomic E-state index is 10.9. The van der Waals surface area contributed by atoms with E-state index in [-0.39, 0.29) is 29.8 Å². The Morgan fingerprint density at radius 2 is 1.73 bits per heavy atom. The predicted octanol–water partition coefficient (Wildman–Crippen LogP) is -0.506. The zero-order chi connectivity index (χ0) is 11.4. The molecule has 0 spiro atoms. The third kappa shape index (κ3) is 3.51. The molecule has 1 aliphatic rings. The van der Waals surface area contributed by atoms with Crippen molar-refractivity contribution in [2.75, 3.05) is 0 Å². The van der Waals surface area contributed by atoms with Crippen LogP contribution in [0.3, 0.4) is 0 Å². The minimum absolute atomic E-state index is 0.00642. The highest BCUT2D eigenvalue weighted by Gasteiger charge is 2.25. The molecule has 0 radical (unpaired) electrons. The number of carbonyl (C=O) groups excluding carboxylic acids is 2. The summed E-state index contributed by atoms with van der Waals surface area (Å²) < 4.78 is 0. The highest BCUT2D eigenvalue weighted by molar-refractivity contribution is 5.79. The number of hydrogen-bond donors (Lipinski definition) is 3. The van der Waals surface area contributed by atoms with E-state index in [9.17, 15) is 9.59 Å². The Hall–Kier alpha value is -1.10. The first kappa shape index (κ1) is 12.0. The zero-order valence-corrected chi connectivity index (χ0v) is 9.03. The molecule has 5 N–H and O–H groups in total. The van der Waals surface area contributed by atoms with Crippen LogP contribution in [0.5, 0.6) is 0 Å². The number of rotatable bonds is 4. The average Bonchev–Trinajstić information content (AvgIpc) is 2.18. The number of nitrogens with two attached hydrogens (primary N) is 2. The molecule has 0 saturated heterocycles. The van der Waals surface area contributed by atoms with E-state index in [1.807, 2.05) is 0 Å². The molecule has 1 fully saturated rings. The van der Waals surface area contributed by atoms with Gasteiger partial charge in [-0.15, -0.1) is 0 Å². The first-order valence-electron chi connectivity index (χ1n) is 5.35. The van der Waals surface area contributed by atoms with Crippen LogP contribution in [0.1, 0.15) is 32.6 Å². The van der Waals surface area contributed by atoms with Crippen LogP contribution in [-0.4, -0.2) is 23.9 Å². The third-order valence-electron chi connectivity index (χ3n) is 3.04. The summed E-state index contributed by atoms with van der Waals surface area (Å²) in [6.45, 7) is 1.75. The van der Waals surface area contributed by atoms with Gasteiger partial charge in [0.2, 0.25) is 11.8 Å². The SMILES string of the molecule is CC(NC1CCC(C(N)=O)CC1)C(N)=O. The summed E-state index contributed by atoms with van der Waals surface area (Å²) in [6.07, 6.45) is 3.37. The van der Waals surface area contributed by atoms with E-state index < -0.39 is 0 Å². The molecule has 5 nitrogen and oxygen atoms in total. The van der Waals surface area contributed by atoms with E-state index in [2.05, 4.69) is 5.32 Å². The Balaban J connectivity index is 2.31. The number of primary amides is 2. The fourth-order valence-electron chi connectivity index (χ4n) is 1.98. The first-order valence-corrected chi connectivity index (χ1v) is 5.35. The Morgan fingerprint density at radius 1 is 1.20 bits per heavy atom. The van der Waals surface area contributed by atoms with Crippen molar-refractivity contribution in [3.05, 3.63) is 0 Å². The Kier molecular flexibility index (Phi) is 4.08. The highest BCUT2D eigenvalue weighted by atomic mass is 16.1. The maximum atomic E-state index is 10.9. The second-order valence-electron chi connectivity index (χ2n) is 4.24. The number of carbonyl (C=O) groups is 2. The summed E-state index contributed by atoms with van der Waals surface area (Å²) in [5, 5.41) is 3.15. The molecule has 1 rings (SSSR count). The van der Waals surface area contributed by atoms with Gasteiger partial charge >= 0.3 is 0 Å². The second kappa shape index (κ2) is 5.11. The molecule has 0 aromatic rings. The molecule has 2 amide bonds. The van der Waals surface area contributed by atoms with Gasteiger partial charge in [0.05, 0.1) is 6.04 Å². The Bertz CT molecular complexity index is 247. The molecule has 5 heteroatoms. The minimum Gasteiger partial charge on any atom is -0.369 e. The molecule has 1 aliphatic carbocycles. The normalized spacial score (nSPS) is 28.3. The first-order chi connectivity index (χ1) is 7.00. The molecule has 0 heterocycles. The number of hydrogen-bond acceptors (Lipinski definition) is 3. The third-order valence-corrected chi connectivity index (χ3v) is 3.04. The summed E-state index contributed by atoms with van der Waals surface area (Å²) in [5.74, 6) is -0.546. The summed E-state index contributed by atoms with van der Waals surface area (Å²) in [5.41, 5.74) is 10.4. The average molecular weight is 213 g/mol. The lowest BCUT2D eigenvalue weighted by molar-refractivity contribution is -0.123. The molecule has 0 bridgehead atoms. The molecule has 86 valence electrons. The molecule has 0 aromatic carbocycles. The molecule has 15 heavy (non-hydrogen) atoms. The van der Waals surface area contributed by atoms with Crippen LogP contribution in [0, 0.1) is 5.92 Å². The van der Waals surface area contributed by atoms with E-state index in [4.69, 9.17) is 11.5 Å². The van der Waals surface area contributed by atoms with Crippen LogP contribution < -0.4 is 16.8 Å². The molecule has 1 saturated carbocycles. The quantitative estimate of drug-likeness (QED) is 0.586. The lowest BCUT2D eigenvalue weighted by Crippen LogP contribution is -2.46. The maximum Gasteiger partial charge on any atom is 0.234 e. The largest absolute Gasteiger partial charge is 0.369 e. The van der Waals surface area contributed by atoms with Crippen molar-refractivity contribution in [3.63, 3.8) is 0 Å².